The number of rotatable bonds is 7. The summed E-state index contributed by atoms with van der Waals surface area (Å²) in [6, 6.07) is 2.44. The maximum Gasteiger partial charge on any atom is 0.169 e. The molecule has 3 aromatic heterocycles. The SMILES string of the molecule is N=C/C(=C\NC1CNC1)c1cnc(N)c(NCc2cc3[nH]ncc3s2)n1. The molecule has 4 rings (SSSR count). The molecule has 0 radical (unpaired) electrons. The first kappa shape index (κ1) is 16.5. The summed E-state index contributed by atoms with van der Waals surface area (Å²) in [6.07, 6.45) is 6.46. The van der Waals surface area contributed by atoms with Crippen LogP contribution in [-0.2, 0) is 6.54 Å². The van der Waals surface area contributed by atoms with Crippen LogP contribution in [0, 0.1) is 5.41 Å². The molecule has 0 amide bonds. The van der Waals surface area contributed by atoms with Gasteiger partial charge in [0.1, 0.15) is 0 Å². The molecule has 9 nitrogen and oxygen atoms in total. The fourth-order valence-electron chi connectivity index (χ4n) is 2.53. The van der Waals surface area contributed by atoms with Crippen molar-refractivity contribution in [1.82, 2.24) is 30.8 Å². The van der Waals surface area contributed by atoms with Crippen LogP contribution in [0.25, 0.3) is 15.8 Å². The molecule has 4 heterocycles. The Kier molecular flexibility index (Phi) is 4.50. The van der Waals surface area contributed by atoms with Gasteiger partial charge in [0, 0.05) is 36.0 Å². The largest absolute Gasteiger partial charge is 0.385 e. The lowest BCUT2D eigenvalue weighted by Crippen LogP contribution is -2.53. The van der Waals surface area contributed by atoms with E-state index in [4.69, 9.17) is 11.1 Å². The number of anilines is 2. The number of fused-ring (bicyclic) bond motifs is 1. The Morgan fingerprint density at radius 2 is 2.31 bits per heavy atom. The first-order valence-electron chi connectivity index (χ1n) is 8.19. The maximum absolute atomic E-state index is 7.65. The topological polar surface area (TPSA) is 140 Å². The molecule has 1 fully saturated rings. The van der Waals surface area contributed by atoms with Gasteiger partial charge in [-0.3, -0.25) is 5.10 Å². The Bertz CT molecular complexity index is 925. The minimum Gasteiger partial charge on any atom is -0.385 e. The van der Waals surface area contributed by atoms with Crippen LogP contribution in [0.1, 0.15) is 10.6 Å². The van der Waals surface area contributed by atoms with Crippen LogP contribution in [0.15, 0.2) is 24.7 Å². The smallest absolute Gasteiger partial charge is 0.169 e. The van der Waals surface area contributed by atoms with E-state index in [9.17, 15) is 0 Å². The number of nitrogen functional groups attached to an aromatic ring is 1. The highest BCUT2D eigenvalue weighted by atomic mass is 32.1. The summed E-state index contributed by atoms with van der Waals surface area (Å²) in [7, 11) is 0. The van der Waals surface area contributed by atoms with Crippen LogP contribution >= 0.6 is 11.3 Å². The molecule has 0 spiro atoms. The van der Waals surface area contributed by atoms with Gasteiger partial charge in [-0.2, -0.15) is 5.10 Å². The zero-order valence-corrected chi connectivity index (χ0v) is 14.7. The van der Waals surface area contributed by atoms with Gasteiger partial charge in [0.15, 0.2) is 11.6 Å². The maximum atomic E-state index is 7.65. The Morgan fingerprint density at radius 3 is 3.04 bits per heavy atom. The van der Waals surface area contributed by atoms with Crippen LogP contribution in [0.2, 0.25) is 0 Å². The van der Waals surface area contributed by atoms with E-state index in [1.165, 1.54) is 6.21 Å². The minimum atomic E-state index is 0.331. The van der Waals surface area contributed by atoms with Crippen LogP contribution in [0.3, 0.4) is 0 Å². The number of allylic oxidation sites excluding steroid dienone is 1. The lowest BCUT2D eigenvalue weighted by molar-refractivity contribution is 0.402. The molecular formula is C16H19N9S. The van der Waals surface area contributed by atoms with Crippen molar-refractivity contribution in [1.29, 1.82) is 5.41 Å². The molecule has 0 aromatic carbocycles. The van der Waals surface area contributed by atoms with Crippen molar-refractivity contribution in [3.8, 4) is 0 Å². The number of H-pyrrole nitrogens is 1. The molecule has 1 saturated heterocycles. The average Bonchev–Trinajstić information content (AvgIpc) is 3.18. The van der Waals surface area contributed by atoms with E-state index in [2.05, 4.69) is 36.1 Å². The first-order chi connectivity index (χ1) is 12.7. The molecule has 1 aliphatic heterocycles. The highest BCUT2D eigenvalue weighted by molar-refractivity contribution is 7.19. The van der Waals surface area contributed by atoms with Crippen LogP contribution < -0.4 is 21.7 Å². The van der Waals surface area contributed by atoms with E-state index in [1.54, 1.807) is 23.7 Å². The van der Waals surface area contributed by atoms with Crippen molar-refractivity contribution in [2.24, 2.45) is 0 Å². The Balaban J connectivity index is 1.49. The van der Waals surface area contributed by atoms with E-state index in [1.807, 2.05) is 12.3 Å². The van der Waals surface area contributed by atoms with Crippen molar-refractivity contribution >= 4 is 45.0 Å². The monoisotopic (exact) mass is 369 g/mol. The fourth-order valence-corrected chi connectivity index (χ4v) is 3.45. The van der Waals surface area contributed by atoms with Gasteiger partial charge in [0.05, 0.1) is 40.9 Å². The molecule has 26 heavy (non-hydrogen) atoms. The summed E-state index contributed by atoms with van der Waals surface area (Å²) >= 11 is 1.66. The van der Waals surface area contributed by atoms with E-state index < -0.39 is 0 Å². The summed E-state index contributed by atoms with van der Waals surface area (Å²) in [5, 5.41) is 24.3. The van der Waals surface area contributed by atoms with Crippen molar-refractivity contribution in [3.05, 3.63) is 35.2 Å². The molecule has 1 aliphatic rings. The van der Waals surface area contributed by atoms with Crippen molar-refractivity contribution in [2.75, 3.05) is 24.1 Å². The minimum absolute atomic E-state index is 0.331. The van der Waals surface area contributed by atoms with Gasteiger partial charge in [0.25, 0.3) is 0 Å². The number of nitrogens with zero attached hydrogens (tertiary/aromatic N) is 3. The Morgan fingerprint density at radius 1 is 1.42 bits per heavy atom. The number of aromatic amines is 1. The summed E-state index contributed by atoms with van der Waals surface area (Å²) < 4.78 is 1.11. The Labute approximate surface area is 153 Å². The predicted octanol–water partition coefficient (Wildman–Crippen LogP) is 1.16. The number of thiophene rings is 1. The van der Waals surface area contributed by atoms with Crippen LogP contribution in [0.5, 0.6) is 0 Å². The number of hydrogen-bond donors (Lipinski definition) is 6. The van der Waals surface area contributed by atoms with E-state index in [-0.39, 0.29) is 0 Å². The van der Waals surface area contributed by atoms with Gasteiger partial charge in [-0.1, -0.05) is 0 Å². The summed E-state index contributed by atoms with van der Waals surface area (Å²) in [5.41, 5.74) is 8.22. The molecule has 7 N–H and O–H groups in total. The van der Waals surface area contributed by atoms with Gasteiger partial charge in [-0.15, -0.1) is 11.3 Å². The third-order valence-electron chi connectivity index (χ3n) is 4.12. The van der Waals surface area contributed by atoms with Crippen molar-refractivity contribution in [2.45, 2.75) is 12.6 Å². The highest BCUT2D eigenvalue weighted by Crippen LogP contribution is 2.25. The van der Waals surface area contributed by atoms with E-state index in [0.29, 0.717) is 35.5 Å². The van der Waals surface area contributed by atoms with E-state index >= 15 is 0 Å². The Hall–Kier alpha value is -2.98. The number of nitrogens with two attached hydrogens (primary N) is 1. The number of hydrogen-bond acceptors (Lipinski definition) is 9. The number of nitrogens with one attached hydrogen (secondary N) is 5. The molecule has 0 aliphatic carbocycles. The van der Waals surface area contributed by atoms with Gasteiger partial charge in [0.2, 0.25) is 0 Å². The van der Waals surface area contributed by atoms with Gasteiger partial charge < -0.3 is 27.1 Å². The van der Waals surface area contributed by atoms with Gasteiger partial charge in [-0.25, -0.2) is 9.97 Å². The fraction of sp³-hybridized carbons (Fsp3) is 0.250. The molecule has 10 heteroatoms. The zero-order chi connectivity index (χ0) is 17.9. The van der Waals surface area contributed by atoms with Crippen molar-refractivity contribution < 1.29 is 0 Å². The second-order valence-corrected chi connectivity index (χ2v) is 7.14. The normalized spacial score (nSPS) is 15.0. The third-order valence-corrected chi connectivity index (χ3v) is 5.19. The van der Waals surface area contributed by atoms with Crippen LogP contribution in [0.4, 0.5) is 11.6 Å². The summed E-state index contributed by atoms with van der Waals surface area (Å²) in [4.78, 5) is 9.88. The first-order valence-corrected chi connectivity index (χ1v) is 9.00. The average molecular weight is 369 g/mol. The lowest BCUT2D eigenvalue weighted by Gasteiger charge is -2.27. The molecule has 0 unspecified atom stereocenters. The van der Waals surface area contributed by atoms with Gasteiger partial charge >= 0.3 is 0 Å². The van der Waals surface area contributed by atoms with Gasteiger partial charge in [-0.05, 0) is 6.07 Å². The molecule has 3 aromatic rings. The molecule has 0 atom stereocenters. The summed E-state index contributed by atoms with van der Waals surface area (Å²) in [6.45, 7) is 2.43. The molecule has 0 saturated carbocycles. The second kappa shape index (κ2) is 7.10. The quantitative estimate of drug-likeness (QED) is 0.343. The lowest BCUT2D eigenvalue weighted by atomic mass is 10.1. The van der Waals surface area contributed by atoms with Crippen molar-refractivity contribution in [3.63, 3.8) is 0 Å². The molecule has 0 bridgehead atoms. The summed E-state index contributed by atoms with van der Waals surface area (Å²) in [5.74, 6) is 0.841. The number of aromatic nitrogens is 4. The van der Waals surface area contributed by atoms with Crippen LogP contribution in [-0.4, -0.2) is 45.5 Å². The molecular weight excluding hydrogens is 350 g/mol. The molecule has 134 valence electrons. The standard InChI is InChI=1S/C16H19N9S/c17-2-9(3-20-10-4-19-5-10)13-7-21-15(18)16(24-13)22-6-11-1-12-14(26-11)8-23-25-12/h1-3,7-8,10,17,19-20H,4-6H2,(H2,18,21)(H,22,24)(H,23,25)/b9-3+,17-2?. The predicted molar refractivity (Wildman–Crippen MR) is 104 cm³/mol. The van der Waals surface area contributed by atoms with E-state index in [0.717, 1.165) is 28.2 Å². The third kappa shape index (κ3) is 3.37. The highest BCUT2D eigenvalue weighted by Gasteiger charge is 2.15. The zero-order valence-electron chi connectivity index (χ0n) is 13.9. The second-order valence-electron chi connectivity index (χ2n) is 5.97.